The van der Waals surface area contributed by atoms with Gasteiger partial charge in [0.15, 0.2) is 11.3 Å². The fourth-order valence-electron chi connectivity index (χ4n) is 4.51. The van der Waals surface area contributed by atoms with Crippen LogP contribution in [0.1, 0.15) is 43.7 Å². The van der Waals surface area contributed by atoms with Crippen LogP contribution < -0.4 is 15.4 Å². The number of aromatic nitrogens is 4. The molecule has 9 nitrogen and oxygen atoms in total. The lowest BCUT2D eigenvalue weighted by Gasteiger charge is -2.22. The fraction of sp³-hybridized carbons (Fsp3) is 0.542. The maximum Gasteiger partial charge on any atom is 0.222 e. The molecule has 1 aliphatic rings. The van der Waals surface area contributed by atoms with Crippen LogP contribution in [-0.2, 0) is 13.1 Å². The number of nitrogens with two attached hydrogens (primary N) is 1. The van der Waals surface area contributed by atoms with Gasteiger partial charge < -0.3 is 20.5 Å². The molecule has 0 bridgehead atoms. The summed E-state index contributed by atoms with van der Waals surface area (Å²) in [4.78, 5) is 13.0. The van der Waals surface area contributed by atoms with E-state index in [1.54, 1.807) is 24.1 Å². The highest BCUT2D eigenvalue weighted by Crippen LogP contribution is 2.28. The molecule has 1 fully saturated rings. The molecule has 1 aliphatic heterocycles. The van der Waals surface area contributed by atoms with Gasteiger partial charge in [0.2, 0.25) is 5.95 Å². The molecule has 34 heavy (non-hydrogen) atoms. The summed E-state index contributed by atoms with van der Waals surface area (Å²) < 4.78 is 22.4. The van der Waals surface area contributed by atoms with Gasteiger partial charge in [0.05, 0.1) is 32.0 Å². The van der Waals surface area contributed by atoms with Gasteiger partial charge in [-0.25, -0.2) is 9.37 Å². The molecule has 0 aliphatic carbocycles. The number of aliphatic hydroxyl groups is 1. The number of nitrogen functional groups attached to an aromatic ring is 1. The Morgan fingerprint density at radius 3 is 2.68 bits per heavy atom. The molecule has 10 heteroatoms. The number of likely N-dealkylation sites (tertiary alicyclic amines) is 1. The minimum absolute atomic E-state index is 0.0119. The Kier molecular flexibility index (Phi) is 7.79. The molecule has 4 rings (SSSR count). The minimum Gasteiger partial charge on any atom is -0.496 e. The summed E-state index contributed by atoms with van der Waals surface area (Å²) in [6.45, 7) is 6.22. The number of benzene rings is 1. The van der Waals surface area contributed by atoms with E-state index < -0.39 is 0 Å². The normalized spacial score (nSPS) is 14.2. The van der Waals surface area contributed by atoms with Gasteiger partial charge in [-0.2, -0.15) is 10.1 Å². The monoisotopic (exact) mass is 471 g/mol. The number of ether oxygens (including phenoxy) is 1. The van der Waals surface area contributed by atoms with Crippen molar-refractivity contribution in [3.8, 4) is 5.75 Å². The van der Waals surface area contributed by atoms with Crippen molar-refractivity contribution in [2.45, 2.75) is 45.7 Å². The maximum absolute atomic E-state index is 15.2. The van der Waals surface area contributed by atoms with Crippen molar-refractivity contribution in [3.05, 3.63) is 35.3 Å². The van der Waals surface area contributed by atoms with Crippen LogP contribution in [0.5, 0.6) is 5.75 Å². The van der Waals surface area contributed by atoms with Gasteiger partial charge >= 0.3 is 0 Å². The average molecular weight is 472 g/mol. The van der Waals surface area contributed by atoms with Crippen molar-refractivity contribution in [3.63, 3.8) is 0 Å². The summed E-state index contributed by atoms with van der Waals surface area (Å²) in [5.41, 5.74) is 8.46. The van der Waals surface area contributed by atoms with E-state index in [1.165, 1.54) is 12.8 Å². The van der Waals surface area contributed by atoms with Crippen LogP contribution in [0.25, 0.3) is 11.0 Å². The molecular weight excluding hydrogens is 437 g/mol. The molecule has 0 amide bonds. The van der Waals surface area contributed by atoms with Crippen molar-refractivity contribution >= 4 is 22.8 Å². The SMILES string of the molecule is CCCCN(CCO)c1nc(N)nc2cn(Cc3c(F)cc(CN4CCCC4)cc3OC)nc12. The zero-order chi connectivity index (χ0) is 24.1. The number of halogens is 1. The number of fused-ring (bicyclic) bond motifs is 1. The highest BCUT2D eigenvalue weighted by molar-refractivity contribution is 5.86. The highest BCUT2D eigenvalue weighted by atomic mass is 19.1. The molecule has 0 atom stereocenters. The van der Waals surface area contributed by atoms with E-state index in [0.29, 0.717) is 34.7 Å². The lowest BCUT2D eigenvalue weighted by Crippen LogP contribution is -2.29. The molecule has 1 saturated heterocycles. The molecule has 0 radical (unpaired) electrons. The first-order chi connectivity index (χ1) is 16.5. The number of hydrogen-bond donors (Lipinski definition) is 2. The molecule has 2 aromatic heterocycles. The average Bonchev–Trinajstić information content (AvgIpc) is 3.47. The Hall–Kier alpha value is -2.98. The number of methoxy groups -OCH3 is 1. The standard InChI is InChI=1S/C24H34FN7O2/c1-3-4-9-31(10-11-33)23-22-20(27-24(26)28-23)16-32(29-22)15-18-19(25)12-17(13-21(18)34-2)14-30-7-5-6-8-30/h12-13,16,33H,3-11,14-15H2,1-2H3,(H2,26,27). The lowest BCUT2D eigenvalue weighted by atomic mass is 10.1. The van der Waals surface area contributed by atoms with Crippen molar-refractivity contribution in [2.75, 3.05) is 50.5 Å². The largest absolute Gasteiger partial charge is 0.496 e. The Bertz CT molecular complexity index is 1110. The van der Waals surface area contributed by atoms with Crippen LogP contribution in [0.3, 0.4) is 0 Å². The van der Waals surface area contributed by atoms with E-state index in [0.717, 1.165) is 44.6 Å². The van der Waals surface area contributed by atoms with Gasteiger partial charge in [0.1, 0.15) is 17.1 Å². The van der Waals surface area contributed by atoms with Gasteiger partial charge in [-0.05, 0) is 50.0 Å². The van der Waals surface area contributed by atoms with Gasteiger partial charge in [-0.1, -0.05) is 13.3 Å². The zero-order valence-electron chi connectivity index (χ0n) is 20.0. The lowest BCUT2D eigenvalue weighted by molar-refractivity contribution is 0.301. The van der Waals surface area contributed by atoms with E-state index in [-0.39, 0.29) is 24.9 Å². The second kappa shape index (κ2) is 11.0. The van der Waals surface area contributed by atoms with Crippen molar-refractivity contribution < 1.29 is 14.2 Å². The highest BCUT2D eigenvalue weighted by Gasteiger charge is 2.20. The summed E-state index contributed by atoms with van der Waals surface area (Å²) >= 11 is 0. The zero-order valence-corrected chi connectivity index (χ0v) is 20.0. The van der Waals surface area contributed by atoms with Gasteiger partial charge in [0, 0.05) is 19.6 Å². The summed E-state index contributed by atoms with van der Waals surface area (Å²) in [7, 11) is 1.56. The second-order valence-corrected chi connectivity index (χ2v) is 8.77. The number of unbranched alkanes of at least 4 members (excludes halogenated alkanes) is 1. The van der Waals surface area contributed by atoms with Crippen LogP contribution in [0.2, 0.25) is 0 Å². The van der Waals surface area contributed by atoms with E-state index >= 15 is 4.39 Å². The van der Waals surface area contributed by atoms with E-state index in [9.17, 15) is 5.11 Å². The Morgan fingerprint density at radius 2 is 1.97 bits per heavy atom. The van der Waals surface area contributed by atoms with E-state index in [2.05, 4.69) is 26.9 Å². The molecule has 1 aromatic carbocycles. The molecule has 0 saturated carbocycles. The van der Waals surface area contributed by atoms with Gasteiger partial charge in [-0.15, -0.1) is 0 Å². The van der Waals surface area contributed by atoms with Crippen LogP contribution >= 0.6 is 0 Å². The number of nitrogens with zero attached hydrogens (tertiary/aromatic N) is 6. The van der Waals surface area contributed by atoms with Crippen LogP contribution in [-0.4, -0.2) is 69.7 Å². The molecule has 3 heterocycles. The van der Waals surface area contributed by atoms with Crippen LogP contribution in [0.15, 0.2) is 18.3 Å². The molecule has 184 valence electrons. The van der Waals surface area contributed by atoms with Crippen LogP contribution in [0.4, 0.5) is 16.2 Å². The number of rotatable bonds is 11. The smallest absolute Gasteiger partial charge is 0.222 e. The minimum atomic E-state index is -0.316. The first-order valence-electron chi connectivity index (χ1n) is 12.0. The van der Waals surface area contributed by atoms with Gasteiger partial charge in [0.25, 0.3) is 0 Å². The third kappa shape index (κ3) is 5.39. The molecular formula is C24H34FN7O2. The summed E-state index contributed by atoms with van der Waals surface area (Å²) in [5.74, 6) is 0.905. The van der Waals surface area contributed by atoms with Crippen molar-refractivity contribution in [2.24, 2.45) is 0 Å². The number of anilines is 2. The first-order valence-corrected chi connectivity index (χ1v) is 12.0. The second-order valence-electron chi connectivity index (χ2n) is 8.77. The Labute approximate surface area is 199 Å². The summed E-state index contributed by atoms with van der Waals surface area (Å²) in [5, 5.41) is 14.2. The Morgan fingerprint density at radius 1 is 1.18 bits per heavy atom. The third-order valence-electron chi connectivity index (χ3n) is 6.22. The van der Waals surface area contributed by atoms with Crippen molar-refractivity contribution in [1.82, 2.24) is 24.6 Å². The molecule has 0 unspecified atom stereocenters. The number of hydrogen-bond acceptors (Lipinski definition) is 8. The first kappa shape index (κ1) is 24.2. The van der Waals surface area contributed by atoms with E-state index in [1.807, 2.05) is 11.0 Å². The fourth-order valence-corrected chi connectivity index (χ4v) is 4.51. The molecule has 3 aromatic rings. The predicted octanol–water partition coefficient (Wildman–Crippen LogP) is 2.80. The molecule has 3 N–H and O–H groups in total. The summed E-state index contributed by atoms with van der Waals surface area (Å²) in [6, 6.07) is 3.51. The Balaban J connectivity index is 1.64. The maximum atomic E-state index is 15.2. The topological polar surface area (TPSA) is 106 Å². The van der Waals surface area contributed by atoms with Gasteiger partial charge in [-0.3, -0.25) is 9.58 Å². The van der Waals surface area contributed by atoms with Crippen molar-refractivity contribution in [1.29, 1.82) is 0 Å². The third-order valence-corrected chi connectivity index (χ3v) is 6.22. The molecule has 0 spiro atoms. The van der Waals surface area contributed by atoms with Crippen LogP contribution in [0, 0.1) is 5.82 Å². The quantitative estimate of drug-likeness (QED) is 0.440. The summed E-state index contributed by atoms with van der Waals surface area (Å²) in [6.07, 6.45) is 6.07. The predicted molar refractivity (Wildman–Crippen MR) is 131 cm³/mol. The van der Waals surface area contributed by atoms with E-state index in [4.69, 9.17) is 10.5 Å². The number of aliphatic hydroxyl groups excluding tert-OH is 1.